The van der Waals surface area contributed by atoms with Crippen molar-refractivity contribution in [3.05, 3.63) is 39.3 Å². The van der Waals surface area contributed by atoms with Crippen LogP contribution in [0.5, 0.6) is 5.75 Å². The first-order chi connectivity index (χ1) is 17.4. The van der Waals surface area contributed by atoms with Gasteiger partial charge in [-0.05, 0) is 25.8 Å². The van der Waals surface area contributed by atoms with Gasteiger partial charge in [-0.15, -0.1) is 5.10 Å². The Kier molecular flexibility index (Phi) is 5.51. The van der Waals surface area contributed by atoms with Crippen molar-refractivity contribution in [1.82, 2.24) is 29.0 Å². The first-order valence-corrected chi connectivity index (χ1v) is 12.2. The lowest BCUT2D eigenvalue weighted by atomic mass is 10.2. The molecule has 6 heterocycles. The van der Waals surface area contributed by atoms with Gasteiger partial charge in [0.1, 0.15) is 5.69 Å². The Morgan fingerprint density at radius 3 is 2.56 bits per heavy atom. The van der Waals surface area contributed by atoms with Crippen LogP contribution in [-0.2, 0) is 17.7 Å². The monoisotopic (exact) mass is 498 g/mol. The van der Waals surface area contributed by atoms with Gasteiger partial charge in [-0.25, -0.2) is 9.37 Å². The molecule has 0 radical (unpaired) electrons. The number of carbonyl (C=O) groups is 1. The smallest absolute Gasteiger partial charge is 0.299 e. The van der Waals surface area contributed by atoms with Crippen LogP contribution in [-0.4, -0.2) is 92.5 Å². The fraction of sp³-hybridized carbons (Fsp3) is 0.522. The van der Waals surface area contributed by atoms with E-state index in [1.165, 1.54) is 9.42 Å². The van der Waals surface area contributed by atoms with E-state index in [-0.39, 0.29) is 11.3 Å². The van der Waals surface area contributed by atoms with Gasteiger partial charge in [0.15, 0.2) is 17.3 Å². The second-order valence-corrected chi connectivity index (χ2v) is 9.30. The molecule has 1 N–H and O–H groups in total. The quantitative estimate of drug-likeness (QED) is 0.539. The summed E-state index contributed by atoms with van der Waals surface area (Å²) >= 11 is 0. The van der Waals surface area contributed by atoms with E-state index in [2.05, 4.69) is 14.6 Å². The predicted octanol–water partition coefficient (Wildman–Crippen LogP) is 0.184. The van der Waals surface area contributed by atoms with Crippen molar-refractivity contribution in [2.45, 2.75) is 26.3 Å². The van der Waals surface area contributed by atoms with E-state index < -0.39 is 17.5 Å². The number of hydrogen-bond acceptors (Lipinski definition) is 9. The molecule has 1 amide bonds. The molecule has 2 fully saturated rings. The van der Waals surface area contributed by atoms with E-state index in [0.29, 0.717) is 75.6 Å². The number of ether oxygens (including phenoxy) is 1. The van der Waals surface area contributed by atoms with Crippen LogP contribution in [0.25, 0.3) is 5.78 Å². The number of aromatic hydroxyl groups is 1. The maximum absolute atomic E-state index is 13.9. The maximum Gasteiger partial charge on any atom is 0.299 e. The molecule has 0 aliphatic carbocycles. The van der Waals surface area contributed by atoms with Crippen LogP contribution in [0.15, 0.2) is 10.9 Å². The second kappa shape index (κ2) is 8.73. The minimum Gasteiger partial charge on any atom is -0.503 e. The summed E-state index contributed by atoms with van der Waals surface area (Å²) in [6.45, 7) is 6.33. The zero-order chi connectivity index (χ0) is 25.0. The van der Waals surface area contributed by atoms with E-state index in [4.69, 9.17) is 9.72 Å². The first kappa shape index (κ1) is 22.7. The summed E-state index contributed by atoms with van der Waals surface area (Å²) in [6.07, 6.45) is 1.68. The molecule has 0 aromatic carbocycles. The van der Waals surface area contributed by atoms with Crippen molar-refractivity contribution in [2.24, 2.45) is 0 Å². The largest absolute Gasteiger partial charge is 0.503 e. The highest BCUT2D eigenvalue weighted by Gasteiger charge is 2.32. The summed E-state index contributed by atoms with van der Waals surface area (Å²) in [5.41, 5.74) is 1.33. The summed E-state index contributed by atoms with van der Waals surface area (Å²) in [7, 11) is 0. The molecular formula is C23H27FN8O4. The van der Waals surface area contributed by atoms with Gasteiger partial charge in [-0.3, -0.25) is 9.59 Å². The molecule has 0 saturated carbocycles. The first-order valence-electron chi connectivity index (χ1n) is 12.2. The molecule has 0 atom stereocenters. The van der Waals surface area contributed by atoms with Crippen molar-refractivity contribution >= 4 is 23.3 Å². The Hall–Kier alpha value is -3.74. The Morgan fingerprint density at radius 2 is 1.81 bits per heavy atom. The van der Waals surface area contributed by atoms with Crippen molar-refractivity contribution < 1.29 is 19.0 Å². The molecule has 6 rings (SSSR count). The van der Waals surface area contributed by atoms with Gasteiger partial charge in [0.25, 0.3) is 11.5 Å². The molecule has 3 aromatic rings. The van der Waals surface area contributed by atoms with Crippen LogP contribution < -0.4 is 15.4 Å². The summed E-state index contributed by atoms with van der Waals surface area (Å²) in [5, 5.41) is 14.6. The SMILES string of the molecule is Cc1cc(F)c(O)c(C(=O)N2CCN(c3c4n(c5nc(N6CCOCC6)nn5c3=O)CCC4)CC2)n1. The number of aromatic nitrogens is 5. The Balaban J connectivity index is 1.28. The summed E-state index contributed by atoms with van der Waals surface area (Å²) in [6, 6.07) is 1.09. The number of piperazine rings is 1. The highest BCUT2D eigenvalue weighted by Crippen LogP contribution is 2.28. The number of halogens is 1. The van der Waals surface area contributed by atoms with Crippen LogP contribution in [0, 0.1) is 12.7 Å². The molecule has 0 bridgehead atoms. The fourth-order valence-electron chi connectivity index (χ4n) is 5.24. The minimum atomic E-state index is -0.870. The lowest BCUT2D eigenvalue weighted by molar-refractivity contribution is 0.0736. The summed E-state index contributed by atoms with van der Waals surface area (Å²) < 4.78 is 22.8. The molecule has 0 unspecified atom stereocenters. The number of nitrogens with zero attached hydrogens (tertiary/aromatic N) is 8. The van der Waals surface area contributed by atoms with Gasteiger partial charge < -0.3 is 29.1 Å². The minimum absolute atomic E-state index is 0.218. The topological polar surface area (TPSA) is 121 Å². The Bertz CT molecular complexity index is 1410. The van der Waals surface area contributed by atoms with Crippen LogP contribution >= 0.6 is 0 Å². The highest BCUT2D eigenvalue weighted by atomic mass is 19.1. The van der Waals surface area contributed by atoms with Crippen LogP contribution in [0.1, 0.15) is 28.3 Å². The molecular weight excluding hydrogens is 471 g/mol. The number of aryl methyl sites for hydroxylation is 2. The fourth-order valence-corrected chi connectivity index (χ4v) is 5.24. The number of fused-ring (bicyclic) bond motifs is 3. The maximum atomic E-state index is 13.9. The average Bonchev–Trinajstić information content (AvgIpc) is 3.55. The van der Waals surface area contributed by atoms with E-state index in [1.807, 2.05) is 9.80 Å². The molecule has 3 aliphatic heterocycles. The number of pyridine rings is 1. The van der Waals surface area contributed by atoms with Crippen molar-refractivity contribution in [3.63, 3.8) is 0 Å². The standard InChI is InChI=1S/C23H27FN8O4/c1-14-13-15(24)19(33)17(25-14)20(34)29-7-5-28(6-8-29)18-16-3-2-4-31(16)23-26-22(27-32(23)21(18)35)30-9-11-36-12-10-30/h13,33H,2-12H2,1H3. The molecule has 36 heavy (non-hydrogen) atoms. The third-order valence-electron chi connectivity index (χ3n) is 7.06. The van der Waals surface area contributed by atoms with Gasteiger partial charge >= 0.3 is 0 Å². The van der Waals surface area contributed by atoms with E-state index in [9.17, 15) is 19.1 Å². The molecule has 2 saturated heterocycles. The van der Waals surface area contributed by atoms with E-state index >= 15 is 0 Å². The molecule has 0 spiro atoms. The molecule has 13 heteroatoms. The molecule has 3 aromatic heterocycles. The molecule has 3 aliphatic rings. The predicted molar refractivity (Wildman–Crippen MR) is 127 cm³/mol. The van der Waals surface area contributed by atoms with E-state index in [0.717, 1.165) is 31.1 Å². The Morgan fingerprint density at radius 1 is 1.06 bits per heavy atom. The normalized spacial score (nSPS) is 18.2. The third-order valence-corrected chi connectivity index (χ3v) is 7.06. The molecule has 190 valence electrons. The number of rotatable bonds is 3. The van der Waals surface area contributed by atoms with Gasteiger partial charge in [0.05, 0.1) is 18.9 Å². The zero-order valence-corrected chi connectivity index (χ0v) is 20.0. The van der Waals surface area contributed by atoms with Crippen LogP contribution in [0.4, 0.5) is 16.0 Å². The van der Waals surface area contributed by atoms with Crippen molar-refractivity contribution in [2.75, 3.05) is 62.3 Å². The second-order valence-electron chi connectivity index (χ2n) is 9.30. The highest BCUT2D eigenvalue weighted by molar-refractivity contribution is 5.95. The van der Waals surface area contributed by atoms with Crippen LogP contribution in [0.2, 0.25) is 0 Å². The summed E-state index contributed by atoms with van der Waals surface area (Å²) in [4.78, 5) is 40.9. The number of carbonyl (C=O) groups excluding carboxylic acids is 1. The van der Waals surface area contributed by atoms with Crippen LogP contribution in [0.3, 0.4) is 0 Å². The lowest BCUT2D eigenvalue weighted by Crippen LogP contribution is -2.50. The zero-order valence-electron chi connectivity index (χ0n) is 20.0. The number of hydrogen-bond donors (Lipinski definition) is 1. The molecule has 12 nitrogen and oxygen atoms in total. The lowest BCUT2D eigenvalue weighted by Gasteiger charge is -2.36. The summed E-state index contributed by atoms with van der Waals surface area (Å²) in [5.74, 6) is -1.06. The number of anilines is 2. The Labute approximate surface area is 205 Å². The van der Waals surface area contributed by atoms with Gasteiger partial charge in [0, 0.05) is 51.5 Å². The third kappa shape index (κ3) is 3.65. The van der Waals surface area contributed by atoms with Gasteiger partial charge in [-0.2, -0.15) is 9.50 Å². The van der Waals surface area contributed by atoms with Gasteiger partial charge in [-0.1, -0.05) is 0 Å². The number of morpholine rings is 1. The van der Waals surface area contributed by atoms with Crippen molar-refractivity contribution in [1.29, 1.82) is 0 Å². The number of amides is 1. The van der Waals surface area contributed by atoms with Gasteiger partial charge in [0.2, 0.25) is 11.7 Å². The average molecular weight is 499 g/mol. The van der Waals surface area contributed by atoms with Crippen molar-refractivity contribution in [3.8, 4) is 5.75 Å². The van der Waals surface area contributed by atoms with E-state index in [1.54, 1.807) is 6.92 Å².